The quantitative estimate of drug-likeness (QED) is 0.121. The van der Waals surface area contributed by atoms with Crippen molar-refractivity contribution in [1.29, 1.82) is 0 Å². The summed E-state index contributed by atoms with van der Waals surface area (Å²) in [6.45, 7) is 1.69. The summed E-state index contributed by atoms with van der Waals surface area (Å²) in [4.78, 5) is 64.8. The number of amides is 2. The Labute approximate surface area is 210 Å². The number of nitrogens with two attached hydrogens (primary N) is 1. The molecule has 2 aliphatic rings. The van der Waals surface area contributed by atoms with Crippen molar-refractivity contribution in [1.82, 2.24) is 25.2 Å². The molecule has 0 bridgehead atoms. The summed E-state index contributed by atoms with van der Waals surface area (Å²) >= 11 is 3.38. The zero-order chi connectivity index (χ0) is 25.3. The monoisotopic (exact) mass is 537 g/mol. The van der Waals surface area contributed by atoms with Gasteiger partial charge in [-0.3, -0.25) is 19.3 Å². The summed E-state index contributed by atoms with van der Waals surface area (Å²) in [5.74, 6) is -2.39. The van der Waals surface area contributed by atoms with Crippen LogP contribution in [0.1, 0.15) is 19.0 Å². The van der Waals surface area contributed by atoms with Crippen LogP contribution in [0.3, 0.4) is 0 Å². The fourth-order valence-corrected chi connectivity index (χ4v) is 7.35. The summed E-state index contributed by atoms with van der Waals surface area (Å²) in [5.41, 5.74) is 5.71. The third-order valence-electron chi connectivity index (χ3n) is 5.11. The number of nitrogens with zero attached hydrogens (tertiary/aromatic N) is 4. The highest BCUT2D eigenvalue weighted by molar-refractivity contribution is 8.01. The molecule has 0 aromatic carbocycles. The molecule has 16 heteroatoms. The van der Waals surface area contributed by atoms with Gasteiger partial charge in [-0.1, -0.05) is 28.7 Å². The van der Waals surface area contributed by atoms with E-state index >= 15 is 0 Å². The number of oxime groups is 1. The van der Waals surface area contributed by atoms with Gasteiger partial charge in [0.05, 0.1) is 23.8 Å². The van der Waals surface area contributed by atoms with Crippen molar-refractivity contribution in [3.8, 4) is 0 Å². The number of fused-ring (bicyclic) bond motifs is 1. The van der Waals surface area contributed by atoms with Gasteiger partial charge in [-0.25, -0.2) is 14.8 Å². The molecule has 1 fully saturated rings. The number of carboxylic acids is 1. The molecule has 2 amide bonds. The van der Waals surface area contributed by atoms with Crippen molar-refractivity contribution < 1.29 is 24.3 Å². The van der Waals surface area contributed by atoms with Gasteiger partial charge in [-0.2, -0.15) is 0 Å². The van der Waals surface area contributed by atoms with Gasteiger partial charge in [-0.05, 0) is 6.92 Å². The van der Waals surface area contributed by atoms with Gasteiger partial charge < -0.3 is 26.0 Å². The minimum atomic E-state index is -1.52. The molecule has 13 nitrogen and oxygen atoms in total. The highest BCUT2D eigenvalue weighted by Crippen LogP contribution is 2.56. The van der Waals surface area contributed by atoms with E-state index in [1.165, 1.54) is 36.2 Å². The van der Waals surface area contributed by atoms with E-state index in [2.05, 4.69) is 30.3 Å². The second kappa shape index (κ2) is 9.71. The number of anilines is 1. The lowest BCUT2D eigenvalue weighted by Gasteiger charge is -2.52. The number of thioether (sulfide) groups is 2. The van der Waals surface area contributed by atoms with E-state index in [-0.39, 0.29) is 34.3 Å². The van der Waals surface area contributed by atoms with Gasteiger partial charge in [0.1, 0.15) is 24.0 Å². The Bertz CT molecular complexity index is 1310. The van der Waals surface area contributed by atoms with Crippen molar-refractivity contribution >= 4 is 64.0 Å². The number of hydrogen-bond donors (Lipinski definition) is 4. The lowest BCUT2D eigenvalue weighted by molar-refractivity contribution is -0.146. The van der Waals surface area contributed by atoms with Crippen LogP contribution in [0.2, 0.25) is 0 Å². The maximum Gasteiger partial charge on any atom is 0.352 e. The van der Waals surface area contributed by atoms with E-state index in [1.807, 2.05) is 0 Å². The molecule has 0 aliphatic carbocycles. The number of nitrogen functional groups attached to an aromatic ring is 1. The number of carbonyl (C=O) groups is 3. The van der Waals surface area contributed by atoms with E-state index in [4.69, 9.17) is 5.73 Å². The van der Waals surface area contributed by atoms with Gasteiger partial charge >= 0.3 is 5.97 Å². The van der Waals surface area contributed by atoms with Crippen molar-refractivity contribution in [2.45, 2.75) is 33.9 Å². The van der Waals surface area contributed by atoms with Crippen LogP contribution in [0.25, 0.3) is 0 Å². The van der Waals surface area contributed by atoms with Gasteiger partial charge in [0.2, 0.25) is 5.91 Å². The first kappa shape index (κ1) is 24.7. The summed E-state index contributed by atoms with van der Waals surface area (Å²) in [6.07, 6.45) is 2.21. The predicted molar refractivity (Wildman–Crippen MR) is 130 cm³/mol. The van der Waals surface area contributed by atoms with E-state index < -0.39 is 27.4 Å². The van der Waals surface area contributed by atoms with Crippen LogP contribution in [-0.2, 0) is 24.1 Å². The number of carbonyl (C=O) groups excluding carboxylic acids is 2. The molecule has 2 aliphatic heterocycles. The summed E-state index contributed by atoms with van der Waals surface area (Å²) in [5, 5.41) is 17.4. The number of aromatic nitrogens is 3. The molecule has 2 aromatic rings. The van der Waals surface area contributed by atoms with E-state index in [0.29, 0.717) is 10.7 Å². The maximum absolute atomic E-state index is 12.8. The van der Waals surface area contributed by atoms with Crippen LogP contribution < -0.4 is 16.6 Å². The molecular formula is C19H19N7O6S3. The minimum absolute atomic E-state index is 0.0786. The van der Waals surface area contributed by atoms with Crippen LogP contribution in [0.15, 0.2) is 44.0 Å². The fourth-order valence-electron chi connectivity index (χ4n) is 3.78. The molecule has 0 radical (unpaired) electrons. The number of hydrogen-bond acceptors (Lipinski definition) is 12. The number of rotatable bonds is 8. The Morgan fingerprint density at radius 2 is 2.29 bits per heavy atom. The number of β-lactam (4-membered cyclic amide) rings is 1. The number of aliphatic carboxylic acids is 1. The molecule has 1 saturated heterocycles. The van der Waals surface area contributed by atoms with E-state index in [0.717, 1.165) is 29.3 Å². The van der Waals surface area contributed by atoms with Crippen LogP contribution >= 0.6 is 34.9 Å². The Kier molecular flexibility index (Phi) is 6.86. The third kappa shape index (κ3) is 4.63. The van der Waals surface area contributed by atoms with Crippen molar-refractivity contribution in [3.05, 3.63) is 45.1 Å². The second-order valence-corrected chi connectivity index (χ2v) is 10.9. The highest BCUT2D eigenvalue weighted by Gasteiger charge is 2.58. The first-order chi connectivity index (χ1) is 16.7. The number of H-pyrrole nitrogens is 1. The molecule has 3 atom stereocenters. The standard InChI is InChI=1S/C19H19N7O6S3/c1-8(34-12-3-10(27)21-7-22-12)15-16(17(30)31)26-13(29)4-14(26)35-19(15,9-6-33-18(20)24-9)25-11(28)5-23-32-2/h3,5-8,14H,4H2,1-2H3,(H2,20,24)(H,25,28)(H,30,31)(H,21,22,27)/t8?,14-,19?/m0/s1. The van der Waals surface area contributed by atoms with Crippen LogP contribution in [-0.4, -0.2) is 66.7 Å². The highest BCUT2D eigenvalue weighted by atomic mass is 32.2. The predicted octanol–water partition coefficient (Wildman–Crippen LogP) is 0.535. The molecule has 0 saturated carbocycles. The first-order valence-electron chi connectivity index (χ1n) is 9.95. The molecule has 2 unspecified atom stereocenters. The smallest absolute Gasteiger partial charge is 0.352 e. The Balaban J connectivity index is 1.93. The number of carboxylic acid groups (broad SMARTS) is 1. The molecular weight excluding hydrogens is 518 g/mol. The van der Waals surface area contributed by atoms with Gasteiger partial charge in [0, 0.05) is 22.3 Å². The fraction of sp³-hybridized carbons (Fsp3) is 0.316. The Morgan fingerprint density at radius 3 is 2.89 bits per heavy atom. The summed E-state index contributed by atoms with van der Waals surface area (Å²) in [7, 11) is 1.27. The SMILES string of the molecule is CON=CC(=O)NC1(c2csc(N)n2)S[C@H]2CC(=O)N2C(C(=O)O)=C1C(C)Sc1cc(=O)[nH]cn1. The van der Waals surface area contributed by atoms with Crippen LogP contribution in [0.4, 0.5) is 5.13 Å². The van der Waals surface area contributed by atoms with Gasteiger partial charge in [-0.15, -0.1) is 11.3 Å². The van der Waals surface area contributed by atoms with Gasteiger partial charge in [0.15, 0.2) is 10.0 Å². The number of thiazole rings is 1. The molecule has 4 rings (SSSR count). The molecule has 4 heterocycles. The topological polar surface area (TPSA) is 193 Å². The number of aromatic amines is 1. The second-order valence-electron chi connectivity index (χ2n) is 7.28. The van der Waals surface area contributed by atoms with Gasteiger partial charge in [0.25, 0.3) is 11.5 Å². The van der Waals surface area contributed by atoms with Crippen molar-refractivity contribution in [3.63, 3.8) is 0 Å². The molecule has 0 spiro atoms. The normalized spacial score (nSPS) is 22.5. The third-order valence-corrected chi connectivity index (χ3v) is 8.37. The largest absolute Gasteiger partial charge is 0.477 e. The maximum atomic E-state index is 12.8. The zero-order valence-corrected chi connectivity index (χ0v) is 20.7. The number of nitrogens with one attached hydrogen (secondary N) is 2. The molecule has 2 aromatic heterocycles. The van der Waals surface area contributed by atoms with E-state index in [1.54, 1.807) is 12.3 Å². The average molecular weight is 538 g/mol. The van der Waals surface area contributed by atoms with Crippen molar-refractivity contribution in [2.75, 3.05) is 12.8 Å². The Hall–Kier alpha value is -3.37. The first-order valence-corrected chi connectivity index (χ1v) is 12.6. The minimum Gasteiger partial charge on any atom is -0.477 e. The molecule has 35 heavy (non-hydrogen) atoms. The molecule has 184 valence electrons. The lowest BCUT2D eigenvalue weighted by atomic mass is 9.94. The van der Waals surface area contributed by atoms with Crippen LogP contribution in [0, 0.1) is 0 Å². The van der Waals surface area contributed by atoms with E-state index in [9.17, 15) is 24.3 Å². The lowest BCUT2D eigenvalue weighted by Crippen LogP contribution is -2.62. The molecule has 5 N–H and O–H groups in total. The Morgan fingerprint density at radius 1 is 1.51 bits per heavy atom. The zero-order valence-electron chi connectivity index (χ0n) is 18.3. The average Bonchev–Trinajstić information content (AvgIpc) is 3.23. The van der Waals surface area contributed by atoms with Crippen molar-refractivity contribution in [2.24, 2.45) is 5.16 Å². The summed E-state index contributed by atoms with van der Waals surface area (Å²) in [6, 6.07) is 1.27. The summed E-state index contributed by atoms with van der Waals surface area (Å²) < 4.78 is 0. The van der Waals surface area contributed by atoms with Crippen LogP contribution in [0.5, 0.6) is 0 Å².